The summed E-state index contributed by atoms with van der Waals surface area (Å²) >= 11 is 0. The molecule has 0 spiro atoms. The number of benzene rings is 1. The zero-order valence-corrected chi connectivity index (χ0v) is 14.0. The van der Waals surface area contributed by atoms with E-state index in [0.717, 1.165) is 30.6 Å². The van der Waals surface area contributed by atoms with E-state index >= 15 is 0 Å². The summed E-state index contributed by atoms with van der Waals surface area (Å²) in [4.78, 5) is 12.0. The fraction of sp³-hybridized carbons (Fsp3) is 0.562. The van der Waals surface area contributed by atoms with Crippen molar-refractivity contribution in [2.24, 2.45) is 5.92 Å². The van der Waals surface area contributed by atoms with Gasteiger partial charge in [0.2, 0.25) is 15.9 Å². The molecule has 1 N–H and O–H groups in total. The first-order chi connectivity index (χ1) is 11.0. The zero-order valence-electron chi connectivity index (χ0n) is 13.2. The van der Waals surface area contributed by atoms with Crippen molar-refractivity contribution in [2.45, 2.75) is 24.5 Å². The third kappa shape index (κ3) is 3.67. The van der Waals surface area contributed by atoms with Gasteiger partial charge >= 0.3 is 0 Å². The van der Waals surface area contributed by atoms with Gasteiger partial charge in [0.05, 0.1) is 18.3 Å². The van der Waals surface area contributed by atoms with Crippen LogP contribution in [0.3, 0.4) is 0 Å². The number of rotatable bonds is 7. The molecule has 1 heterocycles. The summed E-state index contributed by atoms with van der Waals surface area (Å²) in [6, 6.07) is 7.73. The molecule has 1 saturated heterocycles. The van der Waals surface area contributed by atoms with Crippen LogP contribution in [0.25, 0.3) is 0 Å². The summed E-state index contributed by atoms with van der Waals surface area (Å²) < 4.78 is 30.6. The Bertz CT molecular complexity index is 679. The molecule has 0 unspecified atom stereocenters. The SMILES string of the molecule is COc1cccc(CCNC(=O)C2CN(S(=O)(=O)C3CC3)C2)c1. The Labute approximate surface area is 136 Å². The molecule has 23 heavy (non-hydrogen) atoms. The standard InChI is InChI=1S/C16H22N2O4S/c1-22-14-4-2-3-12(9-14)7-8-17-16(19)13-10-18(11-13)23(20,21)15-5-6-15/h2-4,9,13,15H,5-8,10-11H2,1H3,(H,17,19). The largest absolute Gasteiger partial charge is 0.497 e. The van der Waals surface area contributed by atoms with Crippen LogP contribution in [0.4, 0.5) is 0 Å². The highest BCUT2D eigenvalue weighted by atomic mass is 32.2. The molecule has 1 aliphatic carbocycles. The van der Waals surface area contributed by atoms with E-state index in [9.17, 15) is 13.2 Å². The lowest BCUT2D eigenvalue weighted by atomic mass is 10.0. The number of hydrogen-bond donors (Lipinski definition) is 1. The summed E-state index contributed by atoms with van der Waals surface area (Å²) in [7, 11) is -1.50. The summed E-state index contributed by atoms with van der Waals surface area (Å²) in [6.45, 7) is 1.19. The molecule has 7 heteroatoms. The van der Waals surface area contributed by atoms with Gasteiger partial charge in [0.15, 0.2) is 0 Å². The van der Waals surface area contributed by atoms with Crippen molar-refractivity contribution in [1.29, 1.82) is 0 Å². The number of hydrogen-bond acceptors (Lipinski definition) is 4. The molecule has 6 nitrogen and oxygen atoms in total. The minimum Gasteiger partial charge on any atom is -0.497 e. The molecular formula is C16H22N2O4S. The highest BCUT2D eigenvalue weighted by molar-refractivity contribution is 7.90. The van der Waals surface area contributed by atoms with Crippen LogP contribution in [0.1, 0.15) is 18.4 Å². The number of nitrogens with one attached hydrogen (secondary N) is 1. The van der Waals surface area contributed by atoms with E-state index in [0.29, 0.717) is 19.6 Å². The Morgan fingerprint density at radius 3 is 2.74 bits per heavy atom. The fourth-order valence-corrected chi connectivity index (χ4v) is 4.62. The van der Waals surface area contributed by atoms with Crippen molar-refractivity contribution in [1.82, 2.24) is 9.62 Å². The predicted molar refractivity (Wildman–Crippen MR) is 86.7 cm³/mol. The second kappa shape index (κ2) is 6.49. The average molecular weight is 338 g/mol. The number of nitrogens with zero attached hydrogens (tertiary/aromatic N) is 1. The highest BCUT2D eigenvalue weighted by Crippen LogP contribution is 2.34. The Morgan fingerprint density at radius 2 is 2.09 bits per heavy atom. The summed E-state index contributed by atoms with van der Waals surface area (Å²) in [5.74, 6) is 0.526. The van der Waals surface area contributed by atoms with E-state index in [2.05, 4.69) is 5.32 Å². The molecule has 0 bridgehead atoms. The van der Waals surface area contributed by atoms with Crippen LogP contribution in [-0.4, -0.2) is 50.6 Å². The van der Waals surface area contributed by atoms with Crippen LogP contribution >= 0.6 is 0 Å². The summed E-state index contributed by atoms with van der Waals surface area (Å²) in [5.41, 5.74) is 1.09. The Balaban J connectivity index is 1.41. The molecule has 3 rings (SSSR count). The predicted octanol–water partition coefficient (Wildman–Crippen LogP) is 0.778. The van der Waals surface area contributed by atoms with E-state index in [-0.39, 0.29) is 17.1 Å². The lowest BCUT2D eigenvalue weighted by molar-refractivity contribution is -0.128. The molecule has 1 aliphatic heterocycles. The van der Waals surface area contributed by atoms with Crippen molar-refractivity contribution >= 4 is 15.9 Å². The average Bonchev–Trinajstić information content (AvgIpc) is 3.30. The van der Waals surface area contributed by atoms with Gasteiger partial charge in [-0.15, -0.1) is 0 Å². The number of carbonyl (C=O) groups is 1. The lowest BCUT2D eigenvalue weighted by Gasteiger charge is -2.37. The fourth-order valence-electron chi connectivity index (χ4n) is 2.69. The Kier molecular flexibility index (Phi) is 4.59. The molecule has 0 aromatic heterocycles. The first kappa shape index (κ1) is 16.3. The summed E-state index contributed by atoms with van der Waals surface area (Å²) in [6.07, 6.45) is 2.24. The van der Waals surface area contributed by atoms with Gasteiger partial charge in [-0.05, 0) is 37.0 Å². The topological polar surface area (TPSA) is 75.7 Å². The van der Waals surface area contributed by atoms with E-state index in [1.54, 1.807) is 7.11 Å². The van der Waals surface area contributed by atoms with Crippen molar-refractivity contribution in [3.05, 3.63) is 29.8 Å². The number of ether oxygens (including phenoxy) is 1. The Morgan fingerprint density at radius 1 is 1.35 bits per heavy atom. The van der Waals surface area contributed by atoms with Gasteiger partial charge in [0.25, 0.3) is 0 Å². The minimum absolute atomic E-state index is 0.0601. The maximum absolute atomic E-state index is 12.0. The minimum atomic E-state index is -3.13. The van der Waals surface area contributed by atoms with E-state index < -0.39 is 10.0 Å². The van der Waals surface area contributed by atoms with E-state index in [4.69, 9.17) is 4.74 Å². The van der Waals surface area contributed by atoms with Crippen molar-refractivity contribution in [3.8, 4) is 5.75 Å². The molecule has 1 aromatic carbocycles. The van der Waals surface area contributed by atoms with Crippen LogP contribution in [0.5, 0.6) is 5.75 Å². The quantitative estimate of drug-likeness (QED) is 0.797. The molecular weight excluding hydrogens is 316 g/mol. The van der Waals surface area contributed by atoms with Crippen LogP contribution in [-0.2, 0) is 21.2 Å². The van der Waals surface area contributed by atoms with Crippen molar-refractivity contribution < 1.29 is 17.9 Å². The number of carbonyl (C=O) groups excluding carboxylic acids is 1. The number of amides is 1. The van der Waals surface area contributed by atoms with Gasteiger partial charge in [-0.3, -0.25) is 4.79 Å². The highest BCUT2D eigenvalue weighted by Gasteiger charge is 2.46. The normalized spacial score (nSPS) is 19.2. The molecule has 1 saturated carbocycles. The molecule has 126 valence electrons. The first-order valence-electron chi connectivity index (χ1n) is 7.90. The van der Waals surface area contributed by atoms with Gasteiger partial charge in [-0.2, -0.15) is 4.31 Å². The first-order valence-corrected chi connectivity index (χ1v) is 9.40. The van der Waals surface area contributed by atoms with Crippen molar-refractivity contribution in [2.75, 3.05) is 26.7 Å². The Hall–Kier alpha value is -1.60. The maximum atomic E-state index is 12.0. The van der Waals surface area contributed by atoms with Crippen LogP contribution in [0, 0.1) is 5.92 Å². The van der Waals surface area contributed by atoms with Crippen LogP contribution in [0.2, 0.25) is 0 Å². The molecule has 1 amide bonds. The smallest absolute Gasteiger partial charge is 0.225 e. The van der Waals surface area contributed by atoms with Gasteiger partial charge < -0.3 is 10.1 Å². The zero-order chi connectivity index (χ0) is 16.4. The number of sulfonamides is 1. The second-order valence-electron chi connectivity index (χ2n) is 6.15. The third-order valence-corrected chi connectivity index (χ3v) is 6.70. The van der Waals surface area contributed by atoms with E-state index in [1.807, 2.05) is 24.3 Å². The van der Waals surface area contributed by atoms with Gasteiger partial charge in [-0.25, -0.2) is 8.42 Å². The van der Waals surface area contributed by atoms with Crippen molar-refractivity contribution in [3.63, 3.8) is 0 Å². The van der Waals surface area contributed by atoms with Gasteiger partial charge in [0, 0.05) is 19.6 Å². The van der Waals surface area contributed by atoms with Crippen LogP contribution in [0.15, 0.2) is 24.3 Å². The summed E-state index contributed by atoms with van der Waals surface area (Å²) in [5, 5.41) is 2.69. The number of methoxy groups -OCH3 is 1. The maximum Gasteiger partial charge on any atom is 0.225 e. The molecule has 0 atom stereocenters. The van der Waals surface area contributed by atoms with Gasteiger partial charge in [0.1, 0.15) is 5.75 Å². The monoisotopic (exact) mass is 338 g/mol. The second-order valence-corrected chi connectivity index (χ2v) is 8.36. The molecule has 0 radical (unpaired) electrons. The molecule has 2 fully saturated rings. The van der Waals surface area contributed by atoms with E-state index in [1.165, 1.54) is 4.31 Å². The lowest BCUT2D eigenvalue weighted by Crippen LogP contribution is -2.56. The molecule has 2 aliphatic rings. The van der Waals surface area contributed by atoms with Gasteiger partial charge in [-0.1, -0.05) is 12.1 Å². The third-order valence-electron chi connectivity index (χ3n) is 4.37. The molecule has 1 aromatic rings. The van der Waals surface area contributed by atoms with Crippen LogP contribution < -0.4 is 10.1 Å².